The van der Waals surface area contributed by atoms with Crippen molar-refractivity contribution in [2.24, 2.45) is 11.8 Å². The first-order chi connectivity index (χ1) is 5.84. The highest BCUT2D eigenvalue weighted by molar-refractivity contribution is 5.01. The van der Waals surface area contributed by atoms with Crippen molar-refractivity contribution in [2.75, 3.05) is 0 Å². The Balaban J connectivity index is 2.22. The molecule has 1 aliphatic carbocycles. The van der Waals surface area contributed by atoms with Gasteiger partial charge in [0.05, 0.1) is 0 Å². The van der Waals surface area contributed by atoms with Crippen LogP contribution in [0.15, 0.2) is 24.3 Å². The van der Waals surface area contributed by atoms with Gasteiger partial charge in [0.2, 0.25) is 0 Å². The molecule has 0 heterocycles. The summed E-state index contributed by atoms with van der Waals surface area (Å²) in [5.41, 5.74) is 0. The summed E-state index contributed by atoms with van der Waals surface area (Å²) in [4.78, 5) is 0. The van der Waals surface area contributed by atoms with Crippen LogP contribution in [0.3, 0.4) is 0 Å². The molecule has 2 atom stereocenters. The predicted octanol–water partition coefficient (Wildman–Crippen LogP) is 3.95. The molecular formula is C12H20. The SMILES string of the molecule is CC=CC=CCC1CCCC1C. The van der Waals surface area contributed by atoms with Crippen LogP contribution in [0.1, 0.15) is 39.5 Å². The number of rotatable bonds is 3. The van der Waals surface area contributed by atoms with Crippen molar-refractivity contribution in [3.05, 3.63) is 24.3 Å². The highest BCUT2D eigenvalue weighted by atomic mass is 14.3. The average Bonchev–Trinajstić information content (AvgIpc) is 2.46. The van der Waals surface area contributed by atoms with E-state index in [1.165, 1.54) is 25.7 Å². The lowest BCUT2D eigenvalue weighted by molar-refractivity contribution is 0.424. The first-order valence-electron chi connectivity index (χ1n) is 5.12. The van der Waals surface area contributed by atoms with Gasteiger partial charge in [0.15, 0.2) is 0 Å². The van der Waals surface area contributed by atoms with Crippen LogP contribution in [-0.4, -0.2) is 0 Å². The molecule has 68 valence electrons. The fraction of sp³-hybridized carbons (Fsp3) is 0.667. The lowest BCUT2D eigenvalue weighted by Gasteiger charge is -2.11. The molecule has 0 aromatic carbocycles. The molecule has 0 radical (unpaired) electrons. The van der Waals surface area contributed by atoms with E-state index in [1.807, 2.05) is 0 Å². The zero-order chi connectivity index (χ0) is 8.81. The quantitative estimate of drug-likeness (QED) is 0.554. The molecule has 0 saturated heterocycles. The third-order valence-electron chi connectivity index (χ3n) is 2.92. The molecule has 0 bridgehead atoms. The maximum absolute atomic E-state index is 2.39. The average molecular weight is 164 g/mol. The van der Waals surface area contributed by atoms with Crippen LogP contribution in [-0.2, 0) is 0 Å². The summed E-state index contributed by atoms with van der Waals surface area (Å²) in [6.07, 6.45) is 14.3. The van der Waals surface area contributed by atoms with Gasteiger partial charge in [-0.1, -0.05) is 44.1 Å². The molecule has 0 heteroatoms. The van der Waals surface area contributed by atoms with Gasteiger partial charge in [0.25, 0.3) is 0 Å². The molecule has 1 saturated carbocycles. The van der Waals surface area contributed by atoms with Crippen LogP contribution in [0.4, 0.5) is 0 Å². The van der Waals surface area contributed by atoms with Crippen LogP contribution in [0, 0.1) is 11.8 Å². The standard InChI is InChI=1S/C12H20/c1-3-4-5-6-9-12-10-7-8-11(12)2/h3-6,11-12H,7-10H2,1-2H3. The molecule has 0 N–H and O–H groups in total. The molecule has 1 fully saturated rings. The Morgan fingerprint density at radius 1 is 1.25 bits per heavy atom. The minimum absolute atomic E-state index is 0.959. The van der Waals surface area contributed by atoms with E-state index in [-0.39, 0.29) is 0 Å². The first-order valence-corrected chi connectivity index (χ1v) is 5.12. The van der Waals surface area contributed by atoms with E-state index in [0.29, 0.717) is 0 Å². The normalized spacial score (nSPS) is 30.8. The van der Waals surface area contributed by atoms with Crippen LogP contribution < -0.4 is 0 Å². The zero-order valence-electron chi connectivity index (χ0n) is 8.29. The van der Waals surface area contributed by atoms with Crippen molar-refractivity contribution >= 4 is 0 Å². The van der Waals surface area contributed by atoms with E-state index in [9.17, 15) is 0 Å². The summed E-state index contributed by atoms with van der Waals surface area (Å²) in [6, 6.07) is 0. The first kappa shape index (κ1) is 9.57. The van der Waals surface area contributed by atoms with Gasteiger partial charge in [0.1, 0.15) is 0 Å². The van der Waals surface area contributed by atoms with E-state index >= 15 is 0 Å². The lowest BCUT2D eigenvalue weighted by Crippen LogP contribution is -2.01. The second-order valence-electron chi connectivity index (χ2n) is 3.86. The van der Waals surface area contributed by atoms with Crippen molar-refractivity contribution in [3.8, 4) is 0 Å². The minimum atomic E-state index is 0.959. The smallest absolute Gasteiger partial charge is 0.0317 e. The van der Waals surface area contributed by atoms with Crippen molar-refractivity contribution in [2.45, 2.75) is 39.5 Å². The Kier molecular flexibility index (Phi) is 4.13. The van der Waals surface area contributed by atoms with Crippen molar-refractivity contribution < 1.29 is 0 Å². The van der Waals surface area contributed by atoms with Crippen LogP contribution >= 0.6 is 0 Å². The second kappa shape index (κ2) is 5.18. The second-order valence-corrected chi connectivity index (χ2v) is 3.86. The van der Waals surface area contributed by atoms with E-state index in [2.05, 4.69) is 38.2 Å². The van der Waals surface area contributed by atoms with Gasteiger partial charge in [-0.2, -0.15) is 0 Å². The molecule has 2 unspecified atom stereocenters. The summed E-state index contributed by atoms with van der Waals surface area (Å²) in [5.74, 6) is 1.92. The molecule has 0 amide bonds. The highest BCUT2D eigenvalue weighted by Crippen LogP contribution is 2.33. The van der Waals surface area contributed by atoms with Crippen LogP contribution in [0.2, 0.25) is 0 Å². The Morgan fingerprint density at radius 3 is 2.67 bits per heavy atom. The van der Waals surface area contributed by atoms with Gasteiger partial charge in [-0.25, -0.2) is 0 Å². The van der Waals surface area contributed by atoms with Crippen LogP contribution in [0.5, 0.6) is 0 Å². The number of hydrogen-bond acceptors (Lipinski definition) is 0. The van der Waals surface area contributed by atoms with Gasteiger partial charge >= 0.3 is 0 Å². The van der Waals surface area contributed by atoms with Gasteiger partial charge in [-0.15, -0.1) is 0 Å². The Morgan fingerprint density at radius 2 is 2.08 bits per heavy atom. The summed E-state index contributed by atoms with van der Waals surface area (Å²) >= 11 is 0. The predicted molar refractivity (Wildman–Crippen MR) is 55.1 cm³/mol. The van der Waals surface area contributed by atoms with Crippen molar-refractivity contribution in [1.82, 2.24) is 0 Å². The Labute approximate surface area is 76.4 Å². The summed E-state index contributed by atoms with van der Waals surface area (Å²) in [6.45, 7) is 4.45. The molecule has 1 aliphatic rings. The van der Waals surface area contributed by atoms with Crippen molar-refractivity contribution in [1.29, 1.82) is 0 Å². The minimum Gasteiger partial charge on any atom is -0.0877 e. The molecule has 0 nitrogen and oxygen atoms in total. The monoisotopic (exact) mass is 164 g/mol. The maximum atomic E-state index is 2.39. The van der Waals surface area contributed by atoms with E-state index in [1.54, 1.807) is 0 Å². The lowest BCUT2D eigenvalue weighted by atomic mass is 9.95. The van der Waals surface area contributed by atoms with Gasteiger partial charge < -0.3 is 0 Å². The summed E-state index contributed by atoms with van der Waals surface area (Å²) in [7, 11) is 0. The topological polar surface area (TPSA) is 0 Å². The molecular weight excluding hydrogens is 144 g/mol. The largest absolute Gasteiger partial charge is 0.0877 e. The Bertz CT molecular complexity index is 165. The van der Waals surface area contributed by atoms with E-state index in [0.717, 1.165) is 11.8 Å². The number of allylic oxidation sites excluding steroid dienone is 4. The van der Waals surface area contributed by atoms with E-state index in [4.69, 9.17) is 0 Å². The molecule has 0 aromatic heterocycles. The summed E-state index contributed by atoms with van der Waals surface area (Å²) < 4.78 is 0. The van der Waals surface area contributed by atoms with E-state index < -0.39 is 0 Å². The van der Waals surface area contributed by atoms with Gasteiger partial charge in [-0.05, 0) is 31.6 Å². The molecule has 12 heavy (non-hydrogen) atoms. The Hall–Kier alpha value is -0.520. The number of hydrogen-bond donors (Lipinski definition) is 0. The summed E-state index contributed by atoms with van der Waals surface area (Å²) in [5, 5.41) is 0. The van der Waals surface area contributed by atoms with Crippen LogP contribution in [0.25, 0.3) is 0 Å². The fourth-order valence-electron chi connectivity index (χ4n) is 2.02. The third-order valence-corrected chi connectivity index (χ3v) is 2.92. The van der Waals surface area contributed by atoms with Crippen molar-refractivity contribution in [3.63, 3.8) is 0 Å². The maximum Gasteiger partial charge on any atom is -0.0317 e. The molecule has 0 aliphatic heterocycles. The molecule has 1 rings (SSSR count). The van der Waals surface area contributed by atoms with Gasteiger partial charge in [-0.3, -0.25) is 0 Å². The molecule has 0 spiro atoms. The van der Waals surface area contributed by atoms with Gasteiger partial charge in [0, 0.05) is 0 Å². The fourth-order valence-corrected chi connectivity index (χ4v) is 2.02. The third kappa shape index (κ3) is 2.84. The highest BCUT2D eigenvalue weighted by Gasteiger charge is 2.21. The molecule has 0 aromatic rings. The zero-order valence-corrected chi connectivity index (χ0v) is 8.29.